The van der Waals surface area contributed by atoms with Crippen LogP contribution in [0.15, 0.2) is 0 Å². The normalized spacial score (nSPS) is 19.7. The second-order valence-corrected chi connectivity index (χ2v) is 7.20. The second-order valence-electron chi connectivity index (χ2n) is 7.20. The van der Waals surface area contributed by atoms with Crippen molar-refractivity contribution in [3.05, 3.63) is 0 Å². The Morgan fingerprint density at radius 1 is 1.15 bits per heavy atom. The number of piperazine rings is 1. The molecular weight excluding hydrogens is 332 g/mol. The van der Waals surface area contributed by atoms with Crippen molar-refractivity contribution in [3.63, 3.8) is 0 Å². The average molecular weight is 369 g/mol. The third-order valence-electron chi connectivity index (χ3n) is 5.12. The highest BCUT2D eigenvalue weighted by atomic mass is 16.2. The maximum absolute atomic E-state index is 13.0. The van der Waals surface area contributed by atoms with E-state index in [2.05, 4.69) is 17.6 Å². The Kier molecular flexibility index (Phi) is 9.44. The van der Waals surface area contributed by atoms with Crippen molar-refractivity contribution in [2.45, 2.75) is 72.4 Å². The molecule has 1 rings (SSSR count). The number of unbranched alkanes of at least 4 members (excludes halogenated alkanes) is 1. The molecule has 1 aliphatic heterocycles. The lowest BCUT2D eigenvalue weighted by atomic mass is 9.97. The maximum Gasteiger partial charge on any atom is 0.317 e. The van der Waals surface area contributed by atoms with Gasteiger partial charge in [0.05, 0.1) is 0 Å². The molecule has 1 heterocycles. The Morgan fingerprint density at radius 2 is 1.85 bits per heavy atom. The SMILES string of the molecule is CCCCNC(=O)N1CCN(C(=O)C(NC(=O)CC)C(C)CC)CC1C. The molecule has 0 aromatic heterocycles. The first-order valence-electron chi connectivity index (χ1n) is 9.98. The predicted molar refractivity (Wildman–Crippen MR) is 103 cm³/mol. The summed E-state index contributed by atoms with van der Waals surface area (Å²) in [6, 6.07) is -0.603. The molecule has 0 aliphatic carbocycles. The van der Waals surface area contributed by atoms with Crippen LogP contribution in [0.1, 0.15) is 60.3 Å². The van der Waals surface area contributed by atoms with Gasteiger partial charge in [-0.3, -0.25) is 9.59 Å². The van der Waals surface area contributed by atoms with E-state index in [-0.39, 0.29) is 29.8 Å². The Morgan fingerprint density at radius 3 is 2.38 bits per heavy atom. The molecule has 26 heavy (non-hydrogen) atoms. The second kappa shape index (κ2) is 11.0. The zero-order chi connectivity index (χ0) is 19.7. The average Bonchev–Trinajstić information content (AvgIpc) is 2.64. The molecule has 0 aromatic rings. The predicted octanol–water partition coefficient (Wildman–Crippen LogP) is 1.97. The Labute approximate surface area is 157 Å². The summed E-state index contributed by atoms with van der Waals surface area (Å²) in [5.41, 5.74) is 0. The van der Waals surface area contributed by atoms with Crippen molar-refractivity contribution < 1.29 is 14.4 Å². The van der Waals surface area contributed by atoms with Crippen molar-refractivity contribution in [1.82, 2.24) is 20.4 Å². The third-order valence-corrected chi connectivity index (χ3v) is 5.12. The quantitative estimate of drug-likeness (QED) is 0.643. The van der Waals surface area contributed by atoms with Crippen LogP contribution in [0.4, 0.5) is 4.79 Å². The monoisotopic (exact) mass is 368 g/mol. The van der Waals surface area contributed by atoms with Gasteiger partial charge < -0.3 is 20.4 Å². The van der Waals surface area contributed by atoms with Gasteiger partial charge in [0, 0.05) is 38.6 Å². The molecule has 7 nitrogen and oxygen atoms in total. The fourth-order valence-corrected chi connectivity index (χ4v) is 3.09. The van der Waals surface area contributed by atoms with E-state index in [0.29, 0.717) is 32.6 Å². The highest BCUT2D eigenvalue weighted by molar-refractivity contribution is 5.88. The minimum atomic E-state index is -0.496. The summed E-state index contributed by atoms with van der Waals surface area (Å²) < 4.78 is 0. The number of nitrogens with one attached hydrogen (secondary N) is 2. The van der Waals surface area contributed by atoms with Crippen molar-refractivity contribution in [1.29, 1.82) is 0 Å². The third kappa shape index (κ3) is 6.18. The molecule has 1 saturated heterocycles. The zero-order valence-corrected chi connectivity index (χ0v) is 17.0. The molecule has 1 fully saturated rings. The number of carbonyl (C=O) groups is 3. The number of hydrogen-bond acceptors (Lipinski definition) is 3. The minimum absolute atomic E-state index is 0.0426. The molecule has 2 N–H and O–H groups in total. The van der Waals surface area contributed by atoms with Gasteiger partial charge in [-0.05, 0) is 19.3 Å². The number of hydrogen-bond donors (Lipinski definition) is 2. The first kappa shape index (κ1) is 22.3. The smallest absolute Gasteiger partial charge is 0.317 e. The topological polar surface area (TPSA) is 81.8 Å². The summed E-state index contributed by atoms with van der Waals surface area (Å²) in [6.07, 6.45) is 3.18. The van der Waals surface area contributed by atoms with Gasteiger partial charge in [0.25, 0.3) is 0 Å². The highest BCUT2D eigenvalue weighted by Gasteiger charge is 2.34. The van der Waals surface area contributed by atoms with Gasteiger partial charge in [-0.1, -0.05) is 40.5 Å². The number of rotatable bonds is 8. The van der Waals surface area contributed by atoms with E-state index in [1.807, 2.05) is 20.8 Å². The molecule has 1 aliphatic rings. The summed E-state index contributed by atoms with van der Waals surface area (Å²) >= 11 is 0. The molecule has 0 saturated carbocycles. The van der Waals surface area contributed by atoms with Gasteiger partial charge in [-0.2, -0.15) is 0 Å². The van der Waals surface area contributed by atoms with E-state index in [4.69, 9.17) is 0 Å². The molecule has 150 valence electrons. The summed E-state index contributed by atoms with van der Waals surface area (Å²) in [6.45, 7) is 12.0. The van der Waals surface area contributed by atoms with E-state index in [1.165, 1.54) is 0 Å². The summed E-state index contributed by atoms with van der Waals surface area (Å²) in [5.74, 6) is -0.0756. The van der Waals surface area contributed by atoms with E-state index < -0.39 is 6.04 Å². The standard InChI is InChI=1S/C19H36N4O3/c1-6-9-10-20-19(26)23-12-11-22(13-15(23)5)18(25)17(14(4)7-2)21-16(24)8-3/h14-15,17H,6-13H2,1-5H3,(H,20,26)(H,21,24). The first-order chi connectivity index (χ1) is 12.3. The van der Waals surface area contributed by atoms with E-state index in [1.54, 1.807) is 16.7 Å². The van der Waals surface area contributed by atoms with Gasteiger partial charge >= 0.3 is 6.03 Å². The van der Waals surface area contributed by atoms with Gasteiger partial charge in [-0.15, -0.1) is 0 Å². The van der Waals surface area contributed by atoms with Crippen LogP contribution < -0.4 is 10.6 Å². The van der Waals surface area contributed by atoms with Gasteiger partial charge in [0.2, 0.25) is 11.8 Å². The molecule has 3 unspecified atom stereocenters. The van der Waals surface area contributed by atoms with E-state index in [0.717, 1.165) is 19.3 Å². The number of amides is 4. The maximum atomic E-state index is 13.0. The Balaban J connectivity index is 2.68. The molecule has 4 amide bonds. The summed E-state index contributed by atoms with van der Waals surface area (Å²) in [4.78, 5) is 40.7. The van der Waals surface area contributed by atoms with Crippen LogP contribution in [0.5, 0.6) is 0 Å². The lowest BCUT2D eigenvalue weighted by Crippen LogP contribution is -2.61. The lowest BCUT2D eigenvalue weighted by molar-refractivity contribution is -0.139. The highest BCUT2D eigenvalue weighted by Crippen LogP contribution is 2.16. The van der Waals surface area contributed by atoms with Crippen LogP contribution in [0.2, 0.25) is 0 Å². The van der Waals surface area contributed by atoms with Crippen LogP contribution in [-0.4, -0.2) is 65.9 Å². The Bertz CT molecular complexity index is 483. The molecule has 3 atom stereocenters. The minimum Gasteiger partial charge on any atom is -0.344 e. The molecule has 0 bridgehead atoms. The number of carbonyl (C=O) groups excluding carboxylic acids is 3. The molecule has 0 aromatic carbocycles. The van der Waals surface area contributed by atoms with Crippen LogP contribution >= 0.6 is 0 Å². The van der Waals surface area contributed by atoms with Crippen molar-refractivity contribution >= 4 is 17.8 Å². The van der Waals surface area contributed by atoms with Gasteiger partial charge in [0.1, 0.15) is 6.04 Å². The van der Waals surface area contributed by atoms with E-state index in [9.17, 15) is 14.4 Å². The molecule has 0 spiro atoms. The Hall–Kier alpha value is -1.79. The largest absolute Gasteiger partial charge is 0.344 e. The van der Waals surface area contributed by atoms with Crippen LogP contribution in [0.25, 0.3) is 0 Å². The summed E-state index contributed by atoms with van der Waals surface area (Å²) in [5, 5.41) is 5.81. The van der Waals surface area contributed by atoms with Gasteiger partial charge in [-0.25, -0.2) is 4.79 Å². The molecule has 7 heteroatoms. The van der Waals surface area contributed by atoms with Crippen molar-refractivity contribution in [2.24, 2.45) is 5.92 Å². The first-order valence-corrected chi connectivity index (χ1v) is 9.98. The van der Waals surface area contributed by atoms with Crippen LogP contribution in [0, 0.1) is 5.92 Å². The number of urea groups is 1. The van der Waals surface area contributed by atoms with Crippen molar-refractivity contribution in [2.75, 3.05) is 26.2 Å². The zero-order valence-electron chi connectivity index (χ0n) is 17.0. The van der Waals surface area contributed by atoms with Crippen molar-refractivity contribution in [3.8, 4) is 0 Å². The summed E-state index contributed by atoms with van der Waals surface area (Å²) in [7, 11) is 0. The lowest BCUT2D eigenvalue weighted by Gasteiger charge is -2.41. The fourth-order valence-electron chi connectivity index (χ4n) is 3.09. The van der Waals surface area contributed by atoms with Crippen LogP contribution in [0.3, 0.4) is 0 Å². The fraction of sp³-hybridized carbons (Fsp3) is 0.842. The van der Waals surface area contributed by atoms with Gasteiger partial charge in [0.15, 0.2) is 0 Å². The van der Waals surface area contributed by atoms with E-state index >= 15 is 0 Å². The molecular formula is C19H36N4O3. The van der Waals surface area contributed by atoms with Crippen LogP contribution in [-0.2, 0) is 9.59 Å². The molecule has 0 radical (unpaired) electrons. The number of nitrogens with zero attached hydrogens (tertiary/aromatic N) is 2.